The van der Waals surface area contributed by atoms with Crippen LogP contribution < -0.4 is 0 Å². The van der Waals surface area contributed by atoms with Gasteiger partial charge in [0.15, 0.2) is 0 Å². The Morgan fingerprint density at radius 3 is 1.51 bits per heavy atom. The first-order valence-electron chi connectivity index (χ1n) is 16.5. The van der Waals surface area contributed by atoms with Gasteiger partial charge in [-0.3, -0.25) is 0 Å². The average molecular weight is 596 g/mol. The third-order valence-corrected chi connectivity index (χ3v) is 11.2. The molecule has 0 saturated heterocycles. The molecule has 0 radical (unpaired) electrons. The predicted octanol–water partition coefficient (Wildman–Crippen LogP) is 11.6. The molecule has 1 heteroatoms. The summed E-state index contributed by atoms with van der Waals surface area (Å²) in [7, 11) is 2.23. The number of hydrogen-bond acceptors (Lipinski definition) is 0. The zero-order chi connectivity index (χ0) is 30.9. The molecule has 1 nitrogen and oxygen atoms in total. The molecule has 2 aliphatic carbocycles. The van der Waals surface area contributed by atoms with Gasteiger partial charge in [0.1, 0.15) is 0 Å². The summed E-state index contributed by atoms with van der Waals surface area (Å²) in [4.78, 5) is 0. The molecule has 1 aromatic heterocycles. The van der Waals surface area contributed by atoms with E-state index in [-0.39, 0.29) is 5.41 Å². The van der Waals surface area contributed by atoms with Crippen LogP contribution in [0.5, 0.6) is 0 Å². The van der Waals surface area contributed by atoms with Crippen LogP contribution in [-0.4, -0.2) is 4.57 Å². The van der Waals surface area contributed by atoms with Crippen LogP contribution in [-0.2, 0) is 12.5 Å². The van der Waals surface area contributed by atoms with Crippen LogP contribution >= 0.6 is 0 Å². The lowest BCUT2D eigenvalue weighted by Crippen LogP contribution is -2.25. The van der Waals surface area contributed by atoms with Gasteiger partial charge in [-0.05, 0) is 83.9 Å². The number of aryl methyl sites for hydroxylation is 1. The van der Waals surface area contributed by atoms with Crippen molar-refractivity contribution in [3.05, 3.63) is 180 Å². The first kappa shape index (κ1) is 25.3. The summed E-state index contributed by atoms with van der Waals surface area (Å²) >= 11 is 0. The molecule has 0 N–H and O–H groups in total. The Kier molecular flexibility index (Phi) is 4.77. The monoisotopic (exact) mass is 595 g/mol. The van der Waals surface area contributed by atoms with Crippen molar-refractivity contribution in [2.45, 2.75) is 5.41 Å². The van der Waals surface area contributed by atoms with Crippen LogP contribution in [0, 0.1) is 0 Å². The van der Waals surface area contributed by atoms with Crippen molar-refractivity contribution < 1.29 is 0 Å². The van der Waals surface area contributed by atoms with Gasteiger partial charge in [0.25, 0.3) is 0 Å². The van der Waals surface area contributed by atoms with Gasteiger partial charge in [0.2, 0.25) is 0 Å². The number of benzene rings is 8. The highest BCUT2D eigenvalue weighted by atomic mass is 14.9. The first-order chi connectivity index (χ1) is 23.3. The molecule has 47 heavy (non-hydrogen) atoms. The molecule has 2 aliphatic rings. The fraction of sp³-hybridized carbons (Fsp3) is 0.0435. The minimum Gasteiger partial charge on any atom is -0.343 e. The molecule has 218 valence electrons. The molecular weight excluding hydrogens is 567 g/mol. The van der Waals surface area contributed by atoms with Gasteiger partial charge in [-0.15, -0.1) is 0 Å². The summed E-state index contributed by atoms with van der Waals surface area (Å²) in [6, 6.07) is 59.1. The number of rotatable bonds is 1. The Balaban J connectivity index is 1.28. The van der Waals surface area contributed by atoms with Crippen LogP contribution in [0.15, 0.2) is 158 Å². The first-order valence-corrected chi connectivity index (χ1v) is 16.5. The second-order valence-electron chi connectivity index (χ2n) is 13.2. The number of hydrogen-bond donors (Lipinski definition) is 0. The lowest BCUT2D eigenvalue weighted by molar-refractivity contribution is 0.794. The zero-order valence-electron chi connectivity index (χ0n) is 26.0. The minimum atomic E-state index is -0.356. The molecule has 0 unspecified atom stereocenters. The number of aromatic nitrogens is 1. The van der Waals surface area contributed by atoms with Gasteiger partial charge in [0, 0.05) is 28.7 Å². The van der Waals surface area contributed by atoms with E-state index in [2.05, 4.69) is 169 Å². The molecule has 9 aromatic rings. The number of nitrogens with zero attached hydrogens (tertiary/aromatic N) is 1. The molecule has 8 aromatic carbocycles. The molecule has 11 rings (SSSR count). The second kappa shape index (κ2) is 8.87. The van der Waals surface area contributed by atoms with Gasteiger partial charge in [-0.25, -0.2) is 0 Å². The van der Waals surface area contributed by atoms with Crippen molar-refractivity contribution >= 4 is 43.4 Å². The van der Waals surface area contributed by atoms with Crippen LogP contribution in [0.25, 0.3) is 76.7 Å². The van der Waals surface area contributed by atoms with E-state index >= 15 is 0 Å². The standard InChI is InChI=1S/C46H29N/c1-47-42-24-12-20-29(43(42)44-36-18-4-2-13-30(36)31-14-3-5-19-37(31)45(44)47)28-25-26-35-34-17-8-11-23-40(34)46(41(35)27-28)38-21-9-6-15-32(38)33-16-7-10-22-39(33)46/h2-27H,1H3. The molecule has 1 heterocycles. The predicted molar refractivity (Wildman–Crippen MR) is 197 cm³/mol. The molecule has 0 bridgehead atoms. The lowest BCUT2D eigenvalue weighted by Gasteiger charge is -2.30. The normalized spacial score (nSPS) is 13.8. The fourth-order valence-corrected chi connectivity index (χ4v) is 9.43. The van der Waals surface area contributed by atoms with Crippen molar-refractivity contribution in [1.29, 1.82) is 0 Å². The maximum absolute atomic E-state index is 2.52. The molecule has 0 saturated carbocycles. The summed E-state index contributed by atoms with van der Waals surface area (Å²) < 4.78 is 2.41. The summed E-state index contributed by atoms with van der Waals surface area (Å²) in [5.41, 5.74) is 15.6. The van der Waals surface area contributed by atoms with E-state index in [1.807, 2.05) is 0 Å². The quantitative estimate of drug-likeness (QED) is 0.166. The van der Waals surface area contributed by atoms with Crippen molar-refractivity contribution in [2.75, 3.05) is 0 Å². The highest BCUT2D eigenvalue weighted by Gasteiger charge is 2.51. The zero-order valence-corrected chi connectivity index (χ0v) is 26.0. The Hall–Kier alpha value is -5.92. The molecular formula is C46H29N. The summed E-state index contributed by atoms with van der Waals surface area (Å²) in [6.45, 7) is 0. The van der Waals surface area contributed by atoms with Crippen LogP contribution in [0.2, 0.25) is 0 Å². The second-order valence-corrected chi connectivity index (χ2v) is 13.2. The smallest absolute Gasteiger partial charge is 0.0725 e. The topological polar surface area (TPSA) is 4.93 Å². The van der Waals surface area contributed by atoms with Crippen molar-refractivity contribution in [1.82, 2.24) is 4.57 Å². The molecule has 0 atom stereocenters. The van der Waals surface area contributed by atoms with Crippen molar-refractivity contribution in [2.24, 2.45) is 7.05 Å². The van der Waals surface area contributed by atoms with E-state index in [1.54, 1.807) is 0 Å². The minimum absolute atomic E-state index is 0.356. The highest BCUT2D eigenvalue weighted by Crippen LogP contribution is 2.63. The third kappa shape index (κ3) is 2.96. The number of fused-ring (bicyclic) bond motifs is 18. The van der Waals surface area contributed by atoms with E-state index in [1.165, 1.54) is 99.0 Å². The maximum Gasteiger partial charge on any atom is 0.0725 e. The van der Waals surface area contributed by atoms with Gasteiger partial charge in [-0.2, -0.15) is 0 Å². The summed E-state index contributed by atoms with van der Waals surface area (Å²) in [5, 5.41) is 7.88. The SMILES string of the molecule is Cn1c2cccc(-c3ccc4c(c3)C3(c5ccccc5-c5ccccc53)c3ccccc3-4)c2c2c3ccccc3c3ccccc3c21. The third-order valence-electron chi connectivity index (χ3n) is 11.2. The van der Waals surface area contributed by atoms with Gasteiger partial charge in [-0.1, -0.05) is 146 Å². The summed E-state index contributed by atoms with van der Waals surface area (Å²) in [6.07, 6.45) is 0. The Labute approximate surface area is 273 Å². The lowest BCUT2D eigenvalue weighted by atomic mass is 9.70. The average Bonchev–Trinajstić information content (AvgIpc) is 3.73. The van der Waals surface area contributed by atoms with E-state index in [4.69, 9.17) is 0 Å². The highest BCUT2D eigenvalue weighted by molar-refractivity contribution is 6.33. The van der Waals surface area contributed by atoms with Gasteiger partial charge in [0.05, 0.1) is 10.9 Å². The Morgan fingerprint density at radius 2 is 0.872 bits per heavy atom. The van der Waals surface area contributed by atoms with Gasteiger partial charge < -0.3 is 4.57 Å². The molecule has 0 fully saturated rings. The largest absolute Gasteiger partial charge is 0.343 e. The maximum atomic E-state index is 2.52. The molecule has 0 aliphatic heterocycles. The van der Waals surface area contributed by atoms with Crippen LogP contribution in [0.1, 0.15) is 22.3 Å². The van der Waals surface area contributed by atoms with E-state index < -0.39 is 0 Å². The van der Waals surface area contributed by atoms with E-state index in [0.29, 0.717) is 0 Å². The summed E-state index contributed by atoms with van der Waals surface area (Å²) in [5.74, 6) is 0. The Morgan fingerprint density at radius 1 is 0.383 bits per heavy atom. The van der Waals surface area contributed by atoms with Gasteiger partial charge >= 0.3 is 0 Å². The van der Waals surface area contributed by atoms with Crippen molar-refractivity contribution in [3.8, 4) is 33.4 Å². The van der Waals surface area contributed by atoms with E-state index in [9.17, 15) is 0 Å². The Bertz CT molecular complexity index is 2750. The van der Waals surface area contributed by atoms with Crippen molar-refractivity contribution in [3.63, 3.8) is 0 Å². The van der Waals surface area contributed by atoms with Crippen LogP contribution in [0.4, 0.5) is 0 Å². The molecule has 0 amide bonds. The van der Waals surface area contributed by atoms with E-state index in [0.717, 1.165) is 0 Å². The molecule has 1 spiro atoms. The van der Waals surface area contributed by atoms with Crippen LogP contribution in [0.3, 0.4) is 0 Å². The fourth-order valence-electron chi connectivity index (χ4n) is 9.43.